The van der Waals surface area contributed by atoms with Gasteiger partial charge >= 0.3 is 0 Å². The molecule has 0 heterocycles. The Kier molecular flexibility index (Phi) is 7.18. The van der Waals surface area contributed by atoms with Gasteiger partial charge in [-0.25, -0.2) is 0 Å². The Morgan fingerprint density at radius 3 is 2.10 bits per heavy atom. The van der Waals surface area contributed by atoms with E-state index in [9.17, 15) is 0 Å². The normalized spacial score (nSPS) is 12.1. The average Bonchev–Trinajstić information content (AvgIpc) is 2.46. The van der Waals surface area contributed by atoms with E-state index in [4.69, 9.17) is 18.9 Å². The standard InChI is InChI=1S/C15H25NO4/c1-11(10-17-2)8-16-9-12-6-14(19-4)15(20-5)7-13(12)18-3/h6-7,11,16H,8-10H2,1-5H3. The number of benzene rings is 1. The molecule has 1 rings (SSSR count). The molecule has 0 saturated heterocycles. The number of hydrogen-bond donors (Lipinski definition) is 1. The summed E-state index contributed by atoms with van der Waals surface area (Å²) in [5, 5.41) is 3.39. The lowest BCUT2D eigenvalue weighted by Gasteiger charge is -2.16. The molecule has 0 bridgehead atoms. The molecule has 0 aromatic heterocycles. The second-order valence-electron chi connectivity index (χ2n) is 4.71. The molecule has 5 nitrogen and oxygen atoms in total. The largest absolute Gasteiger partial charge is 0.496 e. The zero-order valence-electron chi connectivity index (χ0n) is 13.0. The van der Waals surface area contributed by atoms with Crippen LogP contribution in [0.4, 0.5) is 0 Å². The highest BCUT2D eigenvalue weighted by Gasteiger charge is 2.11. The van der Waals surface area contributed by atoms with Crippen molar-refractivity contribution in [1.82, 2.24) is 5.32 Å². The molecule has 0 spiro atoms. The van der Waals surface area contributed by atoms with Crippen LogP contribution < -0.4 is 19.5 Å². The first kappa shape index (κ1) is 16.6. The minimum Gasteiger partial charge on any atom is -0.496 e. The molecular weight excluding hydrogens is 258 g/mol. The van der Waals surface area contributed by atoms with Gasteiger partial charge in [0.1, 0.15) is 5.75 Å². The smallest absolute Gasteiger partial charge is 0.164 e. The molecule has 1 N–H and O–H groups in total. The monoisotopic (exact) mass is 283 g/mol. The van der Waals surface area contributed by atoms with Crippen molar-refractivity contribution in [1.29, 1.82) is 0 Å². The molecule has 0 saturated carbocycles. The van der Waals surface area contributed by atoms with Crippen LogP contribution in [-0.2, 0) is 11.3 Å². The summed E-state index contributed by atoms with van der Waals surface area (Å²) in [6.07, 6.45) is 0. The van der Waals surface area contributed by atoms with Crippen molar-refractivity contribution in [2.45, 2.75) is 13.5 Å². The molecule has 0 amide bonds. The fraction of sp³-hybridized carbons (Fsp3) is 0.600. The van der Waals surface area contributed by atoms with Gasteiger partial charge in [0.15, 0.2) is 11.5 Å². The van der Waals surface area contributed by atoms with Crippen LogP contribution >= 0.6 is 0 Å². The van der Waals surface area contributed by atoms with Crippen molar-refractivity contribution in [2.24, 2.45) is 5.92 Å². The topological polar surface area (TPSA) is 49.0 Å². The van der Waals surface area contributed by atoms with Gasteiger partial charge in [0.05, 0.1) is 21.3 Å². The molecule has 0 aliphatic rings. The number of methoxy groups -OCH3 is 4. The zero-order chi connectivity index (χ0) is 15.0. The van der Waals surface area contributed by atoms with Gasteiger partial charge in [-0.3, -0.25) is 0 Å². The zero-order valence-corrected chi connectivity index (χ0v) is 13.0. The van der Waals surface area contributed by atoms with E-state index in [1.807, 2.05) is 12.1 Å². The van der Waals surface area contributed by atoms with Gasteiger partial charge in [0, 0.05) is 38.4 Å². The van der Waals surface area contributed by atoms with Crippen LogP contribution in [0.25, 0.3) is 0 Å². The Bertz CT molecular complexity index is 409. The van der Waals surface area contributed by atoms with Crippen molar-refractivity contribution < 1.29 is 18.9 Å². The highest BCUT2D eigenvalue weighted by Crippen LogP contribution is 2.34. The molecule has 20 heavy (non-hydrogen) atoms. The molecule has 1 aromatic carbocycles. The van der Waals surface area contributed by atoms with Gasteiger partial charge in [-0.2, -0.15) is 0 Å². The fourth-order valence-corrected chi connectivity index (χ4v) is 2.03. The van der Waals surface area contributed by atoms with Crippen LogP contribution in [0.5, 0.6) is 17.2 Å². The minimum atomic E-state index is 0.464. The van der Waals surface area contributed by atoms with Crippen molar-refractivity contribution in [2.75, 3.05) is 41.6 Å². The van der Waals surface area contributed by atoms with E-state index in [0.29, 0.717) is 24.0 Å². The molecule has 5 heteroatoms. The van der Waals surface area contributed by atoms with Crippen LogP contribution in [-0.4, -0.2) is 41.6 Å². The van der Waals surface area contributed by atoms with E-state index in [1.54, 1.807) is 28.4 Å². The summed E-state index contributed by atoms with van der Waals surface area (Å²) >= 11 is 0. The average molecular weight is 283 g/mol. The third-order valence-electron chi connectivity index (χ3n) is 3.05. The lowest BCUT2D eigenvalue weighted by atomic mass is 10.1. The molecule has 0 aliphatic carbocycles. The summed E-state index contributed by atoms with van der Waals surface area (Å²) in [6.45, 7) is 4.47. The Balaban J connectivity index is 2.73. The Labute approximate surface area is 121 Å². The highest BCUT2D eigenvalue weighted by atomic mass is 16.5. The van der Waals surface area contributed by atoms with E-state index >= 15 is 0 Å². The van der Waals surface area contributed by atoms with Crippen LogP contribution in [0.2, 0.25) is 0 Å². The maximum absolute atomic E-state index is 5.39. The fourth-order valence-electron chi connectivity index (χ4n) is 2.03. The first-order valence-corrected chi connectivity index (χ1v) is 6.64. The molecule has 0 aliphatic heterocycles. The van der Waals surface area contributed by atoms with Crippen molar-refractivity contribution in [3.63, 3.8) is 0 Å². The van der Waals surface area contributed by atoms with Gasteiger partial charge in [-0.15, -0.1) is 0 Å². The van der Waals surface area contributed by atoms with Crippen LogP contribution in [0, 0.1) is 5.92 Å². The third kappa shape index (κ3) is 4.58. The molecule has 0 radical (unpaired) electrons. The predicted molar refractivity (Wildman–Crippen MR) is 78.8 cm³/mol. The highest BCUT2D eigenvalue weighted by molar-refractivity contribution is 5.50. The summed E-state index contributed by atoms with van der Waals surface area (Å²) < 4.78 is 21.1. The summed E-state index contributed by atoms with van der Waals surface area (Å²) in [5.74, 6) is 2.62. The van der Waals surface area contributed by atoms with Crippen molar-refractivity contribution >= 4 is 0 Å². The third-order valence-corrected chi connectivity index (χ3v) is 3.05. The van der Waals surface area contributed by atoms with Crippen molar-refractivity contribution in [3.8, 4) is 17.2 Å². The number of nitrogens with one attached hydrogen (secondary N) is 1. The number of ether oxygens (including phenoxy) is 4. The maximum Gasteiger partial charge on any atom is 0.164 e. The summed E-state index contributed by atoms with van der Waals surface area (Å²) in [4.78, 5) is 0. The van der Waals surface area contributed by atoms with Crippen LogP contribution in [0.3, 0.4) is 0 Å². The predicted octanol–water partition coefficient (Wildman–Crippen LogP) is 2.08. The second kappa shape index (κ2) is 8.66. The number of rotatable bonds is 9. The first-order chi connectivity index (χ1) is 9.65. The van der Waals surface area contributed by atoms with E-state index < -0.39 is 0 Å². The van der Waals surface area contributed by atoms with Gasteiger partial charge in [-0.1, -0.05) is 6.92 Å². The van der Waals surface area contributed by atoms with Gasteiger partial charge < -0.3 is 24.3 Å². The van der Waals surface area contributed by atoms with E-state index in [1.165, 1.54) is 0 Å². The molecule has 1 unspecified atom stereocenters. The Morgan fingerprint density at radius 2 is 1.55 bits per heavy atom. The SMILES string of the molecule is COCC(C)CNCc1cc(OC)c(OC)cc1OC. The molecule has 0 fully saturated rings. The first-order valence-electron chi connectivity index (χ1n) is 6.64. The van der Waals surface area contributed by atoms with Crippen molar-refractivity contribution in [3.05, 3.63) is 17.7 Å². The molecular formula is C15H25NO4. The molecule has 1 atom stereocenters. The van der Waals surface area contributed by atoms with E-state index in [0.717, 1.165) is 24.5 Å². The maximum atomic E-state index is 5.39. The van der Waals surface area contributed by atoms with E-state index in [-0.39, 0.29) is 0 Å². The summed E-state index contributed by atoms with van der Waals surface area (Å²) in [5.41, 5.74) is 1.04. The number of hydrogen-bond acceptors (Lipinski definition) is 5. The van der Waals surface area contributed by atoms with Crippen LogP contribution in [0.15, 0.2) is 12.1 Å². The van der Waals surface area contributed by atoms with Gasteiger partial charge in [-0.05, 0) is 12.0 Å². The summed E-state index contributed by atoms with van der Waals surface area (Å²) in [7, 11) is 6.61. The Morgan fingerprint density at radius 1 is 0.950 bits per heavy atom. The molecule has 1 aromatic rings. The van der Waals surface area contributed by atoms with E-state index in [2.05, 4.69) is 12.2 Å². The lowest BCUT2D eigenvalue weighted by Crippen LogP contribution is -2.23. The summed E-state index contributed by atoms with van der Waals surface area (Å²) in [6, 6.07) is 3.78. The molecule has 114 valence electrons. The van der Waals surface area contributed by atoms with Gasteiger partial charge in [0.25, 0.3) is 0 Å². The minimum absolute atomic E-state index is 0.464. The van der Waals surface area contributed by atoms with Gasteiger partial charge in [0.2, 0.25) is 0 Å². The second-order valence-corrected chi connectivity index (χ2v) is 4.71. The quantitative estimate of drug-likeness (QED) is 0.752. The Hall–Kier alpha value is -1.46. The van der Waals surface area contributed by atoms with Crippen LogP contribution in [0.1, 0.15) is 12.5 Å². The lowest BCUT2D eigenvalue weighted by molar-refractivity contribution is 0.158.